The first-order valence-electron chi connectivity index (χ1n) is 27.3. The third kappa shape index (κ3) is 11.1. The molecule has 5 aliphatic heterocycles. The standard InChI is InChI=1S/C54H72N12O8/c1-4-74-53(73)46-33(2)56-54(58-40-30-55-61(3)32-40)60-47(46)57-39-10-12-41(13-11-39)63-25-27-65(28-26-63)50(70)37-7-5-36(6-8-37)49(69)64-23-17-34(18-24-64)31-62-21-19-35(20-22-62)38-9-14-42-43(29-38)52(72)66(51(42)71)44-15-16-45(67)59-48(44)68/h9,14,29-30,32,34-37,39,41,44H,4-8,10-13,15-28,31H2,1-3H3,(H,59,67,68)(H2,56,57,58,60). The molecule has 3 N–H and O–H groups in total. The maximum Gasteiger partial charge on any atom is 0.343 e. The summed E-state index contributed by atoms with van der Waals surface area (Å²) >= 11 is 0. The molecule has 6 amide bonds. The Bertz CT molecular complexity index is 2620. The van der Waals surface area contributed by atoms with Crippen molar-refractivity contribution in [2.75, 3.05) is 76.1 Å². The summed E-state index contributed by atoms with van der Waals surface area (Å²) < 4.78 is 7.08. The van der Waals surface area contributed by atoms with Gasteiger partial charge in [0, 0.05) is 89.4 Å². The number of amides is 6. The van der Waals surface area contributed by atoms with E-state index in [0.29, 0.717) is 46.1 Å². The number of fused-ring (bicyclic) bond motifs is 1. The fourth-order valence-corrected chi connectivity index (χ4v) is 12.9. The first-order chi connectivity index (χ1) is 35.8. The number of aromatic nitrogens is 4. The fraction of sp³-hybridized carbons (Fsp3) is 0.630. The number of benzene rings is 1. The van der Waals surface area contributed by atoms with Crippen LogP contribution < -0.4 is 16.0 Å². The molecule has 6 fully saturated rings. The highest BCUT2D eigenvalue weighted by Gasteiger charge is 2.45. The number of piperidine rings is 3. The molecule has 7 heterocycles. The van der Waals surface area contributed by atoms with E-state index < -0.39 is 35.6 Å². The third-order valence-corrected chi connectivity index (χ3v) is 17.1. The Morgan fingerprint density at radius 2 is 1.42 bits per heavy atom. The summed E-state index contributed by atoms with van der Waals surface area (Å²) in [4.78, 5) is 111. The van der Waals surface area contributed by atoms with Gasteiger partial charge in [0.2, 0.25) is 29.6 Å². The Hall–Kier alpha value is -6.28. The summed E-state index contributed by atoms with van der Waals surface area (Å²) in [5.41, 5.74) is 3.32. The number of nitrogens with one attached hydrogen (secondary N) is 3. The molecule has 3 aromatic rings. The van der Waals surface area contributed by atoms with Crippen LogP contribution >= 0.6 is 0 Å². The number of likely N-dealkylation sites (tertiary alicyclic amines) is 2. The number of piperazine rings is 1. The number of anilines is 3. The van der Waals surface area contributed by atoms with Gasteiger partial charge in [-0.15, -0.1) is 0 Å². The number of hydrogen-bond acceptors (Lipinski definition) is 15. The predicted molar refractivity (Wildman–Crippen MR) is 273 cm³/mol. The molecule has 0 spiro atoms. The van der Waals surface area contributed by atoms with E-state index in [2.05, 4.69) is 45.6 Å². The first-order valence-corrected chi connectivity index (χ1v) is 27.3. The number of ether oxygens (including phenoxy) is 1. The number of aryl methyl sites for hydroxylation is 2. The maximum absolute atomic E-state index is 13.8. The van der Waals surface area contributed by atoms with Crippen LogP contribution in [-0.4, -0.2) is 169 Å². The maximum atomic E-state index is 13.8. The highest BCUT2D eigenvalue weighted by atomic mass is 16.5. The van der Waals surface area contributed by atoms with E-state index in [1.165, 1.54) is 0 Å². The second-order valence-corrected chi connectivity index (χ2v) is 21.8. The normalized spacial score (nSPS) is 25.7. The molecule has 20 nitrogen and oxygen atoms in total. The number of rotatable bonds is 13. The molecule has 2 aliphatic carbocycles. The van der Waals surface area contributed by atoms with Gasteiger partial charge in [0.1, 0.15) is 17.4 Å². The molecule has 1 aromatic carbocycles. The van der Waals surface area contributed by atoms with Crippen LogP contribution in [0.5, 0.6) is 0 Å². The zero-order chi connectivity index (χ0) is 51.6. The highest BCUT2D eigenvalue weighted by Crippen LogP contribution is 2.37. The van der Waals surface area contributed by atoms with Gasteiger partial charge in [-0.25, -0.2) is 9.78 Å². The number of esters is 1. The SMILES string of the molecule is CCOC(=O)c1c(C)nc(Nc2cnn(C)c2)nc1NC1CCC(N2CCN(C(=O)C3CCC(C(=O)N4CCC(CN5CCC(c6ccc7c(c6)C(=O)N(C6CCC(=O)NC6=O)C7=O)CC5)CC4)CC3)CC2)CC1. The molecule has 0 radical (unpaired) electrons. The van der Waals surface area contributed by atoms with Crippen LogP contribution in [-0.2, 0) is 31.0 Å². The van der Waals surface area contributed by atoms with E-state index in [9.17, 15) is 33.6 Å². The number of carbonyl (C=O) groups is 7. The lowest BCUT2D eigenvalue weighted by Crippen LogP contribution is -2.54. The number of imide groups is 2. The Morgan fingerprint density at radius 3 is 2.05 bits per heavy atom. The van der Waals surface area contributed by atoms with E-state index in [1.54, 1.807) is 30.8 Å². The molecule has 4 saturated heterocycles. The van der Waals surface area contributed by atoms with Gasteiger partial charge >= 0.3 is 5.97 Å². The number of carbonyl (C=O) groups excluding carboxylic acids is 7. The van der Waals surface area contributed by atoms with E-state index in [1.807, 2.05) is 25.4 Å². The quantitative estimate of drug-likeness (QED) is 0.157. The minimum Gasteiger partial charge on any atom is -0.462 e. The molecule has 10 rings (SSSR count). The van der Waals surface area contributed by atoms with Crippen molar-refractivity contribution in [2.24, 2.45) is 24.8 Å². The topological polar surface area (TPSA) is 225 Å². The monoisotopic (exact) mass is 1020 g/mol. The summed E-state index contributed by atoms with van der Waals surface area (Å²) in [7, 11) is 1.84. The summed E-state index contributed by atoms with van der Waals surface area (Å²) in [5.74, 6) is -0.252. The molecule has 74 heavy (non-hydrogen) atoms. The molecule has 0 bridgehead atoms. The van der Waals surface area contributed by atoms with Crippen LogP contribution in [0.2, 0.25) is 0 Å². The summed E-state index contributed by atoms with van der Waals surface area (Å²) in [6.07, 6.45) is 14.6. The van der Waals surface area contributed by atoms with Gasteiger partial charge in [-0.2, -0.15) is 10.1 Å². The van der Waals surface area contributed by atoms with E-state index in [4.69, 9.17) is 9.72 Å². The largest absolute Gasteiger partial charge is 0.462 e. The first kappa shape index (κ1) is 51.2. The smallest absolute Gasteiger partial charge is 0.343 e. The van der Waals surface area contributed by atoms with Crippen molar-refractivity contribution in [1.82, 2.24) is 49.6 Å². The van der Waals surface area contributed by atoms with Crippen LogP contribution in [0.15, 0.2) is 30.6 Å². The summed E-state index contributed by atoms with van der Waals surface area (Å²) in [5, 5.41) is 13.2. The van der Waals surface area contributed by atoms with E-state index in [-0.39, 0.29) is 55.1 Å². The van der Waals surface area contributed by atoms with Gasteiger partial charge in [-0.05, 0) is 140 Å². The van der Waals surface area contributed by atoms with Gasteiger partial charge in [0.05, 0.1) is 35.3 Å². The van der Waals surface area contributed by atoms with Gasteiger partial charge in [-0.3, -0.25) is 48.6 Å². The Morgan fingerprint density at radius 1 is 0.757 bits per heavy atom. The van der Waals surface area contributed by atoms with Crippen molar-refractivity contribution in [2.45, 2.75) is 128 Å². The van der Waals surface area contributed by atoms with Crippen LogP contribution in [0.1, 0.15) is 145 Å². The lowest BCUT2D eigenvalue weighted by atomic mass is 9.80. The Kier molecular flexibility index (Phi) is 15.4. The van der Waals surface area contributed by atoms with Crippen molar-refractivity contribution < 1.29 is 38.3 Å². The lowest BCUT2D eigenvalue weighted by molar-refractivity contribution is -0.143. The van der Waals surface area contributed by atoms with Crippen LogP contribution in [0.4, 0.5) is 17.5 Å². The van der Waals surface area contributed by atoms with Crippen LogP contribution in [0.25, 0.3) is 0 Å². The van der Waals surface area contributed by atoms with Gasteiger partial charge in [0.25, 0.3) is 11.8 Å². The molecular formula is C54H72N12O8. The third-order valence-electron chi connectivity index (χ3n) is 17.1. The lowest BCUT2D eigenvalue weighted by Gasteiger charge is -2.43. The minimum absolute atomic E-state index is 0.00935. The number of nitrogens with zero attached hydrogens (tertiary/aromatic N) is 9. The second-order valence-electron chi connectivity index (χ2n) is 21.8. The molecule has 2 saturated carbocycles. The van der Waals surface area contributed by atoms with Crippen molar-refractivity contribution in [3.05, 3.63) is 58.5 Å². The predicted octanol–water partition coefficient (Wildman–Crippen LogP) is 4.63. The zero-order valence-corrected chi connectivity index (χ0v) is 43.2. The second kappa shape index (κ2) is 22.3. The van der Waals surface area contributed by atoms with Gasteiger partial charge < -0.3 is 30.1 Å². The molecule has 396 valence electrons. The molecule has 1 unspecified atom stereocenters. The molecule has 7 aliphatic rings. The average molecular weight is 1020 g/mol. The van der Waals surface area contributed by atoms with Gasteiger partial charge in [0.15, 0.2) is 0 Å². The van der Waals surface area contributed by atoms with E-state index >= 15 is 0 Å². The molecule has 20 heteroatoms. The highest BCUT2D eigenvalue weighted by molar-refractivity contribution is 6.23. The Labute approximate surface area is 432 Å². The van der Waals surface area contributed by atoms with E-state index in [0.717, 1.165) is 152 Å². The van der Waals surface area contributed by atoms with Crippen molar-refractivity contribution in [1.29, 1.82) is 0 Å². The Balaban J connectivity index is 0.617. The number of hydrogen-bond donors (Lipinski definition) is 3. The fourth-order valence-electron chi connectivity index (χ4n) is 12.9. The van der Waals surface area contributed by atoms with Gasteiger partial charge in [-0.1, -0.05) is 6.07 Å². The zero-order valence-electron chi connectivity index (χ0n) is 43.2. The molecule has 1 atom stereocenters. The summed E-state index contributed by atoms with van der Waals surface area (Å²) in [6.45, 7) is 11.5. The van der Waals surface area contributed by atoms with Crippen LogP contribution in [0, 0.1) is 24.7 Å². The molecular weight excluding hydrogens is 945 g/mol. The average Bonchev–Trinajstić information content (AvgIpc) is 3.93. The van der Waals surface area contributed by atoms with Crippen molar-refractivity contribution in [3.8, 4) is 0 Å². The molecule has 2 aromatic heterocycles. The van der Waals surface area contributed by atoms with Crippen molar-refractivity contribution in [3.63, 3.8) is 0 Å². The van der Waals surface area contributed by atoms with Crippen LogP contribution in [0.3, 0.4) is 0 Å². The summed E-state index contributed by atoms with van der Waals surface area (Å²) in [6, 6.07) is 5.10. The van der Waals surface area contributed by atoms with Crippen molar-refractivity contribution >= 4 is 58.9 Å². The minimum atomic E-state index is -0.971.